The number of hydrogen-bond acceptors (Lipinski definition) is 4. The van der Waals surface area contributed by atoms with Crippen LogP contribution in [0.5, 0.6) is 0 Å². The second-order valence-corrected chi connectivity index (χ2v) is 7.24. The zero-order chi connectivity index (χ0) is 17.9. The molecule has 3 rings (SSSR count). The van der Waals surface area contributed by atoms with Crippen LogP contribution in [-0.2, 0) is 12.0 Å². The molecule has 25 heavy (non-hydrogen) atoms. The third kappa shape index (κ3) is 3.75. The first-order valence-electron chi connectivity index (χ1n) is 9.29. The van der Waals surface area contributed by atoms with Crippen molar-refractivity contribution in [3.8, 4) is 0 Å². The highest BCUT2D eigenvalue weighted by Gasteiger charge is 2.40. The normalized spacial score (nSPS) is 16.8. The highest BCUT2D eigenvalue weighted by molar-refractivity contribution is 5.94. The predicted molar refractivity (Wildman–Crippen MR) is 96.4 cm³/mol. The maximum absolute atomic E-state index is 12.8. The number of aryl methyl sites for hydroxylation is 1. The van der Waals surface area contributed by atoms with Crippen LogP contribution in [0, 0.1) is 0 Å². The number of nitrogens with one attached hydrogen (secondary N) is 1. The number of amides is 1. The summed E-state index contributed by atoms with van der Waals surface area (Å²) < 4.78 is 5.51. The molecule has 0 bridgehead atoms. The van der Waals surface area contributed by atoms with Gasteiger partial charge in [-0.25, -0.2) is 0 Å². The first-order valence-corrected chi connectivity index (χ1v) is 9.29. The van der Waals surface area contributed by atoms with E-state index < -0.39 is 5.54 Å². The Morgan fingerprint density at radius 1 is 1.20 bits per heavy atom. The van der Waals surface area contributed by atoms with E-state index in [2.05, 4.69) is 29.3 Å². The Balaban J connectivity index is 1.83. The summed E-state index contributed by atoms with van der Waals surface area (Å²) in [5.74, 6) is 1.62. The molecular weight excluding hydrogens is 314 g/mol. The lowest BCUT2D eigenvalue weighted by atomic mass is 9.81. The molecule has 1 heterocycles. The van der Waals surface area contributed by atoms with E-state index in [1.165, 1.54) is 12.0 Å². The number of nitrogens with zero attached hydrogens (tertiary/aromatic N) is 2. The van der Waals surface area contributed by atoms with Crippen LogP contribution in [0.25, 0.3) is 0 Å². The molecule has 2 aromatic rings. The minimum absolute atomic E-state index is 0.0755. The molecule has 1 aromatic heterocycles. The summed E-state index contributed by atoms with van der Waals surface area (Å²) in [4.78, 5) is 17.4. The van der Waals surface area contributed by atoms with Crippen molar-refractivity contribution in [2.24, 2.45) is 0 Å². The van der Waals surface area contributed by atoms with Crippen molar-refractivity contribution in [1.29, 1.82) is 0 Å². The molecule has 0 spiro atoms. The molecule has 5 nitrogen and oxygen atoms in total. The molecule has 1 saturated carbocycles. The Morgan fingerprint density at radius 2 is 1.88 bits per heavy atom. The van der Waals surface area contributed by atoms with Gasteiger partial charge in [0.1, 0.15) is 5.54 Å². The highest BCUT2D eigenvalue weighted by atomic mass is 16.5. The van der Waals surface area contributed by atoms with Gasteiger partial charge in [-0.15, -0.1) is 0 Å². The zero-order valence-corrected chi connectivity index (χ0v) is 15.3. The predicted octanol–water partition coefficient (Wildman–Crippen LogP) is 4.34. The van der Waals surface area contributed by atoms with Crippen molar-refractivity contribution in [1.82, 2.24) is 15.5 Å². The maximum Gasteiger partial charge on any atom is 0.252 e. The minimum Gasteiger partial charge on any atom is -0.338 e. The van der Waals surface area contributed by atoms with Gasteiger partial charge in [0.05, 0.1) is 0 Å². The van der Waals surface area contributed by atoms with Crippen molar-refractivity contribution in [3.05, 3.63) is 47.1 Å². The largest absolute Gasteiger partial charge is 0.338 e. The van der Waals surface area contributed by atoms with Crippen molar-refractivity contribution in [3.63, 3.8) is 0 Å². The van der Waals surface area contributed by atoms with Crippen molar-refractivity contribution in [2.75, 3.05) is 0 Å². The average molecular weight is 341 g/mol. The van der Waals surface area contributed by atoms with Gasteiger partial charge in [0.2, 0.25) is 0 Å². The van der Waals surface area contributed by atoms with E-state index in [0.717, 1.165) is 32.1 Å². The SMILES string of the molecule is CCc1noc(C2(NC(=O)c3ccc(C(C)C)cc3)CCCCC2)n1. The Hall–Kier alpha value is -2.17. The molecule has 1 aliphatic rings. The summed E-state index contributed by atoms with van der Waals surface area (Å²) >= 11 is 0. The summed E-state index contributed by atoms with van der Waals surface area (Å²) in [5.41, 5.74) is 1.37. The monoisotopic (exact) mass is 341 g/mol. The Morgan fingerprint density at radius 3 is 2.44 bits per heavy atom. The lowest BCUT2D eigenvalue weighted by Gasteiger charge is -2.34. The highest BCUT2D eigenvalue weighted by Crippen LogP contribution is 2.36. The van der Waals surface area contributed by atoms with Crippen LogP contribution in [0.4, 0.5) is 0 Å². The molecule has 5 heteroatoms. The zero-order valence-electron chi connectivity index (χ0n) is 15.3. The molecule has 1 fully saturated rings. The molecule has 134 valence electrons. The van der Waals surface area contributed by atoms with Gasteiger partial charge in [0.15, 0.2) is 5.82 Å². The molecule has 0 radical (unpaired) electrons. The molecule has 1 aromatic carbocycles. The van der Waals surface area contributed by atoms with E-state index in [4.69, 9.17) is 4.52 Å². The van der Waals surface area contributed by atoms with E-state index in [9.17, 15) is 4.79 Å². The second kappa shape index (κ2) is 7.38. The van der Waals surface area contributed by atoms with Gasteiger partial charge in [-0.1, -0.05) is 57.3 Å². The van der Waals surface area contributed by atoms with Gasteiger partial charge < -0.3 is 9.84 Å². The van der Waals surface area contributed by atoms with Crippen molar-refractivity contribution < 1.29 is 9.32 Å². The van der Waals surface area contributed by atoms with Crippen LogP contribution in [0.1, 0.15) is 86.4 Å². The van der Waals surface area contributed by atoms with Crippen LogP contribution in [0.15, 0.2) is 28.8 Å². The standard InChI is InChI=1S/C20H27N3O2/c1-4-17-21-19(25-23-17)20(12-6-5-7-13-20)22-18(24)16-10-8-15(9-11-16)14(2)3/h8-11,14H,4-7,12-13H2,1-3H3,(H,22,24). The third-order valence-corrected chi connectivity index (χ3v) is 5.09. The fraction of sp³-hybridized carbons (Fsp3) is 0.550. The summed E-state index contributed by atoms with van der Waals surface area (Å²) in [6.07, 6.45) is 5.69. The van der Waals surface area contributed by atoms with E-state index in [0.29, 0.717) is 23.2 Å². The number of hydrogen-bond donors (Lipinski definition) is 1. The summed E-state index contributed by atoms with van der Waals surface area (Å²) in [5, 5.41) is 7.24. The van der Waals surface area contributed by atoms with Gasteiger partial charge >= 0.3 is 0 Å². The lowest BCUT2D eigenvalue weighted by molar-refractivity contribution is 0.0824. The number of carbonyl (C=O) groups excluding carboxylic acids is 1. The molecule has 0 aliphatic heterocycles. The fourth-order valence-corrected chi connectivity index (χ4v) is 3.45. The summed E-state index contributed by atoms with van der Waals surface area (Å²) in [7, 11) is 0. The Labute approximate surface area is 149 Å². The number of benzene rings is 1. The first-order chi connectivity index (χ1) is 12.0. The molecule has 0 saturated heterocycles. The Kier molecular flexibility index (Phi) is 5.21. The summed E-state index contributed by atoms with van der Waals surface area (Å²) in [6.45, 7) is 6.29. The lowest BCUT2D eigenvalue weighted by Crippen LogP contribution is -2.47. The Bertz CT molecular complexity index is 713. The minimum atomic E-state index is -0.535. The molecule has 0 atom stereocenters. The first kappa shape index (κ1) is 17.6. The second-order valence-electron chi connectivity index (χ2n) is 7.24. The van der Waals surface area contributed by atoms with Crippen LogP contribution in [-0.4, -0.2) is 16.0 Å². The molecular formula is C20H27N3O2. The van der Waals surface area contributed by atoms with E-state index in [1.807, 2.05) is 31.2 Å². The third-order valence-electron chi connectivity index (χ3n) is 5.09. The van der Waals surface area contributed by atoms with Gasteiger partial charge in [-0.2, -0.15) is 4.98 Å². The number of aromatic nitrogens is 2. The van der Waals surface area contributed by atoms with E-state index in [1.54, 1.807) is 0 Å². The number of rotatable bonds is 5. The molecule has 1 aliphatic carbocycles. The molecule has 0 unspecified atom stereocenters. The average Bonchev–Trinajstić information content (AvgIpc) is 3.12. The van der Waals surface area contributed by atoms with Gasteiger partial charge in [-0.05, 0) is 36.5 Å². The number of carbonyl (C=O) groups is 1. The van der Waals surface area contributed by atoms with Crippen LogP contribution >= 0.6 is 0 Å². The molecule has 1 amide bonds. The topological polar surface area (TPSA) is 68.0 Å². The van der Waals surface area contributed by atoms with Crippen LogP contribution < -0.4 is 5.32 Å². The fourth-order valence-electron chi connectivity index (χ4n) is 3.45. The quantitative estimate of drug-likeness (QED) is 0.878. The van der Waals surface area contributed by atoms with Crippen molar-refractivity contribution in [2.45, 2.75) is 70.8 Å². The van der Waals surface area contributed by atoms with Gasteiger partial charge in [0, 0.05) is 12.0 Å². The maximum atomic E-state index is 12.8. The van der Waals surface area contributed by atoms with E-state index in [-0.39, 0.29) is 5.91 Å². The van der Waals surface area contributed by atoms with Gasteiger partial charge in [0.25, 0.3) is 11.8 Å². The molecule has 1 N–H and O–H groups in total. The van der Waals surface area contributed by atoms with Gasteiger partial charge in [-0.3, -0.25) is 4.79 Å². The summed E-state index contributed by atoms with van der Waals surface area (Å²) in [6, 6.07) is 7.84. The van der Waals surface area contributed by atoms with Crippen LogP contribution in [0.2, 0.25) is 0 Å². The van der Waals surface area contributed by atoms with Crippen LogP contribution in [0.3, 0.4) is 0 Å². The van der Waals surface area contributed by atoms with E-state index >= 15 is 0 Å². The van der Waals surface area contributed by atoms with Crippen molar-refractivity contribution >= 4 is 5.91 Å². The smallest absolute Gasteiger partial charge is 0.252 e.